The highest BCUT2D eigenvalue weighted by molar-refractivity contribution is 5.76. The van der Waals surface area contributed by atoms with Gasteiger partial charge in [-0.15, -0.1) is 0 Å². The monoisotopic (exact) mass is 237 g/mol. The minimum atomic E-state index is -1.07. The smallest absolute Gasteiger partial charge is 0.305 e. The molecule has 0 heterocycles. The lowest BCUT2D eigenvalue weighted by Gasteiger charge is -2.24. The number of hydroxylamine groups is 2. The minimum absolute atomic E-state index is 0.124. The SMILES string of the molecule is CCC(=O)N(O)C(CC(=O)O)c1ccccc1. The van der Waals surface area contributed by atoms with E-state index < -0.39 is 17.9 Å². The zero-order valence-electron chi connectivity index (χ0n) is 9.54. The highest BCUT2D eigenvalue weighted by Gasteiger charge is 2.25. The Kier molecular flexibility index (Phi) is 4.66. The van der Waals surface area contributed by atoms with E-state index in [2.05, 4.69) is 0 Å². The molecular formula is C12H15NO4. The van der Waals surface area contributed by atoms with E-state index in [9.17, 15) is 14.8 Å². The largest absolute Gasteiger partial charge is 0.481 e. The van der Waals surface area contributed by atoms with Crippen LogP contribution in [0.2, 0.25) is 0 Å². The molecule has 92 valence electrons. The van der Waals surface area contributed by atoms with E-state index in [1.165, 1.54) is 0 Å². The molecule has 0 aromatic heterocycles. The molecule has 0 aliphatic heterocycles. The number of amides is 1. The summed E-state index contributed by atoms with van der Waals surface area (Å²) < 4.78 is 0. The zero-order chi connectivity index (χ0) is 12.8. The van der Waals surface area contributed by atoms with E-state index in [0.29, 0.717) is 10.6 Å². The van der Waals surface area contributed by atoms with Gasteiger partial charge in [-0.3, -0.25) is 14.8 Å². The second-order valence-electron chi connectivity index (χ2n) is 3.62. The predicted octanol–water partition coefficient (Wildman–Crippen LogP) is 1.83. The molecule has 1 unspecified atom stereocenters. The van der Waals surface area contributed by atoms with E-state index >= 15 is 0 Å². The fourth-order valence-corrected chi connectivity index (χ4v) is 1.52. The first-order valence-electron chi connectivity index (χ1n) is 5.34. The van der Waals surface area contributed by atoms with Gasteiger partial charge in [-0.1, -0.05) is 37.3 Å². The first-order chi connectivity index (χ1) is 8.06. The van der Waals surface area contributed by atoms with E-state index in [-0.39, 0.29) is 12.8 Å². The Hall–Kier alpha value is -1.88. The number of nitrogens with zero attached hydrogens (tertiary/aromatic N) is 1. The number of hydrogen-bond donors (Lipinski definition) is 2. The van der Waals surface area contributed by atoms with Gasteiger partial charge in [0.2, 0.25) is 5.91 Å². The molecule has 1 rings (SSSR count). The Bertz CT molecular complexity index is 391. The zero-order valence-corrected chi connectivity index (χ0v) is 9.54. The number of carboxylic acid groups (broad SMARTS) is 1. The van der Waals surface area contributed by atoms with E-state index in [0.717, 1.165) is 0 Å². The van der Waals surface area contributed by atoms with Crippen molar-refractivity contribution in [1.29, 1.82) is 0 Å². The summed E-state index contributed by atoms with van der Waals surface area (Å²) in [5.74, 6) is -1.57. The van der Waals surface area contributed by atoms with Gasteiger partial charge in [0, 0.05) is 6.42 Å². The van der Waals surface area contributed by atoms with Crippen LogP contribution < -0.4 is 0 Å². The summed E-state index contributed by atoms with van der Waals surface area (Å²) >= 11 is 0. The minimum Gasteiger partial charge on any atom is -0.481 e. The molecule has 1 aromatic carbocycles. The lowest BCUT2D eigenvalue weighted by atomic mass is 10.0. The second kappa shape index (κ2) is 6.00. The maximum Gasteiger partial charge on any atom is 0.305 e. The highest BCUT2D eigenvalue weighted by atomic mass is 16.5. The molecule has 1 aromatic rings. The Morgan fingerprint density at radius 1 is 1.29 bits per heavy atom. The summed E-state index contributed by atoms with van der Waals surface area (Å²) in [6, 6.07) is 7.76. The Morgan fingerprint density at radius 2 is 1.88 bits per heavy atom. The van der Waals surface area contributed by atoms with Gasteiger partial charge in [-0.2, -0.15) is 0 Å². The van der Waals surface area contributed by atoms with Crippen LogP contribution in [-0.4, -0.2) is 27.3 Å². The summed E-state index contributed by atoms with van der Waals surface area (Å²) in [6.45, 7) is 1.61. The summed E-state index contributed by atoms with van der Waals surface area (Å²) in [5.41, 5.74) is 0.596. The maximum atomic E-state index is 11.4. The molecule has 1 amide bonds. The second-order valence-corrected chi connectivity index (χ2v) is 3.62. The summed E-state index contributed by atoms with van der Waals surface area (Å²) in [6.07, 6.45) is -0.203. The molecule has 5 heteroatoms. The normalized spacial score (nSPS) is 11.9. The molecule has 0 saturated carbocycles. The van der Waals surface area contributed by atoms with Crippen LogP contribution >= 0.6 is 0 Å². The van der Waals surface area contributed by atoms with Crippen LogP contribution in [0.25, 0.3) is 0 Å². The number of hydrogen-bond acceptors (Lipinski definition) is 3. The number of benzene rings is 1. The topological polar surface area (TPSA) is 77.8 Å². The van der Waals surface area contributed by atoms with E-state index in [4.69, 9.17) is 5.11 Å². The van der Waals surface area contributed by atoms with Gasteiger partial charge in [0.25, 0.3) is 0 Å². The molecule has 5 nitrogen and oxygen atoms in total. The third kappa shape index (κ3) is 3.57. The summed E-state index contributed by atoms with van der Waals surface area (Å²) in [5, 5.41) is 19.0. The van der Waals surface area contributed by atoms with Crippen molar-refractivity contribution in [3.8, 4) is 0 Å². The van der Waals surface area contributed by atoms with Crippen molar-refractivity contribution >= 4 is 11.9 Å². The number of carbonyl (C=O) groups excluding carboxylic acids is 1. The van der Waals surface area contributed by atoms with Gasteiger partial charge in [-0.25, -0.2) is 5.06 Å². The number of rotatable bonds is 5. The first-order valence-corrected chi connectivity index (χ1v) is 5.34. The van der Waals surface area contributed by atoms with E-state index in [1.807, 2.05) is 0 Å². The Morgan fingerprint density at radius 3 is 2.35 bits per heavy atom. The lowest BCUT2D eigenvalue weighted by Crippen LogP contribution is -2.32. The van der Waals surface area contributed by atoms with Crippen LogP contribution in [0, 0.1) is 0 Å². The van der Waals surface area contributed by atoms with Crippen LogP contribution in [0.4, 0.5) is 0 Å². The highest BCUT2D eigenvalue weighted by Crippen LogP contribution is 2.23. The van der Waals surface area contributed by atoms with Gasteiger partial charge < -0.3 is 5.11 Å². The molecule has 0 fully saturated rings. The van der Waals surface area contributed by atoms with Crippen molar-refractivity contribution in [3.63, 3.8) is 0 Å². The van der Waals surface area contributed by atoms with Crippen LogP contribution in [0.3, 0.4) is 0 Å². The number of carboxylic acids is 1. The molecular weight excluding hydrogens is 222 g/mol. The number of carbonyl (C=O) groups is 2. The van der Waals surface area contributed by atoms with Crippen molar-refractivity contribution in [2.75, 3.05) is 0 Å². The predicted molar refractivity (Wildman–Crippen MR) is 60.4 cm³/mol. The molecule has 0 spiro atoms. The first kappa shape index (κ1) is 13.2. The van der Waals surface area contributed by atoms with Crippen molar-refractivity contribution in [1.82, 2.24) is 5.06 Å². The molecule has 17 heavy (non-hydrogen) atoms. The van der Waals surface area contributed by atoms with Crippen LogP contribution in [-0.2, 0) is 9.59 Å². The molecule has 0 aliphatic rings. The van der Waals surface area contributed by atoms with Gasteiger partial charge >= 0.3 is 5.97 Å². The lowest BCUT2D eigenvalue weighted by molar-refractivity contribution is -0.179. The van der Waals surface area contributed by atoms with Crippen molar-refractivity contribution in [2.45, 2.75) is 25.8 Å². The van der Waals surface area contributed by atoms with Gasteiger partial charge in [0.15, 0.2) is 0 Å². The Balaban J connectivity index is 2.95. The average Bonchev–Trinajstić information content (AvgIpc) is 2.35. The van der Waals surface area contributed by atoms with Crippen molar-refractivity contribution in [3.05, 3.63) is 35.9 Å². The molecule has 2 N–H and O–H groups in total. The molecule has 1 atom stereocenters. The fourth-order valence-electron chi connectivity index (χ4n) is 1.52. The number of aliphatic carboxylic acids is 1. The van der Waals surface area contributed by atoms with Crippen molar-refractivity contribution in [2.24, 2.45) is 0 Å². The molecule has 0 saturated heterocycles. The summed E-state index contributed by atoms with van der Waals surface area (Å²) in [4.78, 5) is 22.1. The van der Waals surface area contributed by atoms with Crippen LogP contribution in [0.5, 0.6) is 0 Å². The van der Waals surface area contributed by atoms with Crippen LogP contribution in [0.1, 0.15) is 31.4 Å². The maximum absolute atomic E-state index is 11.4. The van der Waals surface area contributed by atoms with Gasteiger partial charge in [0.05, 0.1) is 12.5 Å². The van der Waals surface area contributed by atoms with Gasteiger partial charge in [-0.05, 0) is 5.56 Å². The molecule has 0 aliphatic carbocycles. The van der Waals surface area contributed by atoms with Gasteiger partial charge in [0.1, 0.15) is 0 Å². The Labute approximate surface area is 99.2 Å². The quantitative estimate of drug-likeness (QED) is 0.605. The van der Waals surface area contributed by atoms with Crippen LogP contribution in [0.15, 0.2) is 30.3 Å². The fraction of sp³-hybridized carbons (Fsp3) is 0.333. The summed E-state index contributed by atoms with van der Waals surface area (Å²) in [7, 11) is 0. The third-order valence-electron chi connectivity index (χ3n) is 2.41. The standard InChI is InChI=1S/C12H15NO4/c1-2-11(14)13(17)10(8-12(15)16)9-6-4-3-5-7-9/h3-7,10,17H,2,8H2,1H3,(H,15,16). The molecule has 0 bridgehead atoms. The third-order valence-corrected chi connectivity index (χ3v) is 2.41. The average molecular weight is 237 g/mol. The van der Waals surface area contributed by atoms with E-state index in [1.54, 1.807) is 37.3 Å². The molecule has 0 radical (unpaired) electrons. The van der Waals surface area contributed by atoms with Crippen molar-refractivity contribution < 1.29 is 19.9 Å².